The lowest BCUT2D eigenvalue weighted by atomic mass is 10.2. The molecule has 1 aliphatic heterocycles. The molecular weight excluding hydrogens is 261 g/mol. The second-order valence-corrected chi connectivity index (χ2v) is 8.01. The molecular formula is C10H14NO2PS2. The minimum absolute atomic E-state index is 0.466. The normalized spacial score (nSPS) is 17.1. The van der Waals surface area contributed by atoms with Crippen LogP contribution in [0, 0.1) is 5.92 Å². The lowest BCUT2D eigenvalue weighted by Gasteiger charge is -2.24. The fourth-order valence-corrected chi connectivity index (χ4v) is 4.17. The maximum atomic E-state index is 5.71. The number of benzene rings is 1. The van der Waals surface area contributed by atoms with E-state index in [1.54, 1.807) is 4.08 Å². The minimum Gasteiger partial charge on any atom is -0.420 e. The molecule has 0 radical (unpaired) electrons. The number of para-hydroxylation sites is 2. The van der Waals surface area contributed by atoms with Gasteiger partial charge < -0.3 is 9.05 Å². The van der Waals surface area contributed by atoms with E-state index in [1.807, 2.05) is 24.3 Å². The summed E-state index contributed by atoms with van der Waals surface area (Å²) in [6.07, 6.45) is 0. The number of hydrogen-bond acceptors (Lipinski definition) is 4. The smallest absolute Gasteiger partial charge is 0.377 e. The lowest BCUT2D eigenvalue weighted by molar-refractivity contribution is 0.459. The van der Waals surface area contributed by atoms with Crippen molar-refractivity contribution < 1.29 is 9.05 Å². The molecule has 0 spiro atoms. The fraction of sp³-hybridized carbons (Fsp3) is 0.400. The van der Waals surface area contributed by atoms with Crippen LogP contribution in [-0.2, 0) is 11.8 Å². The van der Waals surface area contributed by atoms with Crippen LogP contribution >= 0.6 is 19.5 Å². The molecule has 0 fully saturated rings. The summed E-state index contributed by atoms with van der Waals surface area (Å²) in [6.45, 7) is 2.49. The summed E-state index contributed by atoms with van der Waals surface area (Å²) >= 11 is 9.81. The molecule has 0 aromatic heterocycles. The Bertz CT molecular complexity index is 410. The highest BCUT2D eigenvalue weighted by Gasteiger charge is 2.37. The summed E-state index contributed by atoms with van der Waals surface area (Å²) in [6, 6.07) is 7.53. The van der Waals surface area contributed by atoms with E-state index in [9.17, 15) is 0 Å². The van der Waals surface area contributed by atoms with Crippen LogP contribution < -0.4 is 9.05 Å². The van der Waals surface area contributed by atoms with Crippen molar-refractivity contribution in [3.8, 4) is 11.5 Å². The second-order valence-electron chi connectivity index (χ2n) is 4.05. The molecule has 88 valence electrons. The molecule has 3 nitrogen and oxygen atoms in total. The van der Waals surface area contributed by atoms with Gasteiger partial charge in [0.2, 0.25) is 0 Å². The van der Waals surface area contributed by atoms with Gasteiger partial charge in [-0.05, 0) is 18.1 Å². The van der Waals surface area contributed by atoms with E-state index in [2.05, 4.69) is 26.7 Å². The fourth-order valence-electron chi connectivity index (χ4n) is 1.39. The van der Waals surface area contributed by atoms with Gasteiger partial charge in [-0.2, -0.15) is 4.08 Å². The highest BCUT2D eigenvalue weighted by Crippen LogP contribution is 2.61. The number of rotatable bonds is 3. The molecule has 0 saturated carbocycles. The molecule has 0 N–H and O–H groups in total. The Kier molecular flexibility index (Phi) is 3.50. The molecule has 1 aromatic carbocycles. The molecule has 0 aliphatic carbocycles. The Labute approximate surface area is 107 Å². The third-order valence-corrected chi connectivity index (χ3v) is 5.94. The van der Waals surface area contributed by atoms with E-state index in [0.717, 1.165) is 6.54 Å². The number of nitrogens with zero attached hydrogens (tertiary/aromatic N) is 1. The van der Waals surface area contributed by atoms with Crippen molar-refractivity contribution in [3.63, 3.8) is 0 Å². The van der Waals surface area contributed by atoms with Gasteiger partial charge in [0.25, 0.3) is 0 Å². The Balaban J connectivity index is 2.17. The Morgan fingerprint density at radius 3 is 2.25 bits per heavy atom. The summed E-state index contributed by atoms with van der Waals surface area (Å²) < 4.78 is 13.1. The van der Waals surface area contributed by atoms with E-state index in [4.69, 9.17) is 20.9 Å². The molecule has 0 amide bonds. The minimum atomic E-state index is -2.47. The van der Waals surface area contributed by atoms with Crippen molar-refractivity contribution in [2.45, 2.75) is 13.8 Å². The molecule has 0 unspecified atom stereocenters. The number of hydrogen-bond donors (Lipinski definition) is 1. The molecule has 0 saturated heterocycles. The first-order valence-corrected chi connectivity index (χ1v) is 8.05. The molecule has 6 heteroatoms. The summed E-state index contributed by atoms with van der Waals surface area (Å²) in [4.78, 5) is 0. The molecule has 0 atom stereocenters. The second kappa shape index (κ2) is 4.57. The summed E-state index contributed by atoms with van der Waals surface area (Å²) in [7, 11) is 0. The van der Waals surface area contributed by atoms with Gasteiger partial charge in [-0.15, -0.1) is 0 Å². The van der Waals surface area contributed by atoms with Crippen LogP contribution in [0.25, 0.3) is 0 Å². The van der Waals surface area contributed by atoms with Crippen molar-refractivity contribution >= 4 is 31.3 Å². The van der Waals surface area contributed by atoms with Crippen molar-refractivity contribution in [1.82, 2.24) is 4.08 Å². The Morgan fingerprint density at radius 1 is 1.31 bits per heavy atom. The molecule has 2 rings (SSSR count). The monoisotopic (exact) mass is 275 g/mol. The van der Waals surface area contributed by atoms with Gasteiger partial charge >= 0.3 is 6.64 Å². The molecule has 1 aromatic rings. The molecule has 1 heterocycles. The predicted octanol–water partition coefficient (Wildman–Crippen LogP) is 3.49. The summed E-state index contributed by atoms with van der Waals surface area (Å²) in [5.41, 5.74) is 0. The third kappa shape index (κ3) is 2.38. The SMILES string of the molecule is CC(C)CN(S)P1(=S)Oc2ccccc2O1. The van der Waals surface area contributed by atoms with Crippen LogP contribution in [0.3, 0.4) is 0 Å². The summed E-state index contributed by atoms with van der Waals surface area (Å²) in [5, 5.41) is 0. The highest BCUT2D eigenvalue weighted by molar-refractivity contribution is 8.12. The van der Waals surface area contributed by atoms with Gasteiger partial charge in [0, 0.05) is 18.4 Å². The van der Waals surface area contributed by atoms with Crippen molar-refractivity contribution in [2.24, 2.45) is 5.92 Å². The zero-order valence-corrected chi connectivity index (χ0v) is 11.8. The number of thiol groups is 1. The van der Waals surface area contributed by atoms with E-state index in [1.165, 1.54) is 0 Å². The van der Waals surface area contributed by atoms with Gasteiger partial charge in [-0.3, -0.25) is 0 Å². The van der Waals surface area contributed by atoms with E-state index in [0.29, 0.717) is 17.4 Å². The average molecular weight is 275 g/mol. The first-order valence-electron chi connectivity index (χ1n) is 5.06. The first-order chi connectivity index (χ1) is 7.51. The van der Waals surface area contributed by atoms with Gasteiger partial charge in [-0.25, -0.2) is 0 Å². The van der Waals surface area contributed by atoms with Crippen molar-refractivity contribution in [1.29, 1.82) is 0 Å². The van der Waals surface area contributed by atoms with Crippen LogP contribution in [-0.4, -0.2) is 10.6 Å². The van der Waals surface area contributed by atoms with Crippen molar-refractivity contribution in [3.05, 3.63) is 24.3 Å². The van der Waals surface area contributed by atoms with Gasteiger partial charge in [0.1, 0.15) is 0 Å². The zero-order valence-electron chi connectivity index (χ0n) is 9.16. The predicted molar refractivity (Wildman–Crippen MR) is 72.5 cm³/mol. The Morgan fingerprint density at radius 2 is 1.81 bits per heavy atom. The van der Waals surface area contributed by atoms with E-state index in [-0.39, 0.29) is 0 Å². The van der Waals surface area contributed by atoms with E-state index < -0.39 is 6.64 Å². The van der Waals surface area contributed by atoms with Crippen LogP contribution in [0.2, 0.25) is 0 Å². The van der Waals surface area contributed by atoms with Crippen LogP contribution in [0.1, 0.15) is 13.8 Å². The summed E-state index contributed by atoms with van der Waals surface area (Å²) in [5.74, 6) is 1.90. The average Bonchev–Trinajstić information content (AvgIpc) is 2.54. The van der Waals surface area contributed by atoms with Gasteiger partial charge in [-0.1, -0.05) is 38.8 Å². The van der Waals surface area contributed by atoms with Gasteiger partial charge in [0.15, 0.2) is 11.5 Å². The quantitative estimate of drug-likeness (QED) is 0.673. The number of fused-ring (bicyclic) bond motifs is 1. The van der Waals surface area contributed by atoms with Crippen LogP contribution in [0.15, 0.2) is 24.3 Å². The van der Waals surface area contributed by atoms with Crippen LogP contribution in [0.4, 0.5) is 0 Å². The zero-order chi connectivity index (χ0) is 11.8. The van der Waals surface area contributed by atoms with Crippen molar-refractivity contribution in [2.75, 3.05) is 6.54 Å². The molecule has 0 bridgehead atoms. The maximum Gasteiger partial charge on any atom is 0.377 e. The first kappa shape index (κ1) is 12.2. The maximum absolute atomic E-state index is 5.71. The largest absolute Gasteiger partial charge is 0.420 e. The topological polar surface area (TPSA) is 21.7 Å². The van der Waals surface area contributed by atoms with E-state index >= 15 is 0 Å². The van der Waals surface area contributed by atoms with Crippen LogP contribution in [0.5, 0.6) is 11.5 Å². The van der Waals surface area contributed by atoms with Gasteiger partial charge in [0.05, 0.1) is 0 Å². The molecule has 16 heavy (non-hydrogen) atoms. The standard InChI is InChI=1S/C10H14NO2PS2/c1-8(2)7-11(15)14(16)12-9-5-3-4-6-10(9)13-14/h3-6,8,15H,7H2,1-2H3. The Hall–Kier alpha value is -0.220. The lowest BCUT2D eigenvalue weighted by Crippen LogP contribution is -2.18. The third-order valence-electron chi connectivity index (χ3n) is 2.09. The highest BCUT2D eigenvalue weighted by atomic mass is 32.5. The molecule has 1 aliphatic rings.